The first-order valence-electron chi connectivity index (χ1n) is 4.11. The molecule has 0 saturated heterocycles. The van der Waals surface area contributed by atoms with E-state index in [9.17, 15) is 9.59 Å². The zero-order chi connectivity index (χ0) is 12.7. The minimum absolute atomic E-state index is 0.0762. The first-order chi connectivity index (χ1) is 8.17. The number of hydrogen-bond acceptors (Lipinski definition) is 7. The van der Waals surface area contributed by atoms with Crippen LogP contribution in [0, 0.1) is 11.1 Å². The molecule has 0 bridgehead atoms. The van der Waals surface area contributed by atoms with Crippen LogP contribution >= 0.6 is 0 Å². The largest absolute Gasteiger partial charge is 0.445 e. The number of furan rings is 1. The van der Waals surface area contributed by atoms with E-state index in [1.807, 2.05) is 5.43 Å². The first kappa shape index (κ1) is 12.1. The van der Waals surface area contributed by atoms with Crippen molar-refractivity contribution in [2.24, 2.45) is 10.2 Å². The summed E-state index contributed by atoms with van der Waals surface area (Å²) in [4.78, 5) is 21.3. The Labute approximate surface area is 93.9 Å². The van der Waals surface area contributed by atoms with Gasteiger partial charge in [-0.05, 0) is 0 Å². The molecule has 0 spiro atoms. The Morgan fingerprint density at radius 1 is 1.12 bits per heavy atom. The third-order valence-electron chi connectivity index (χ3n) is 1.46. The van der Waals surface area contributed by atoms with Gasteiger partial charge in [-0.3, -0.25) is 10.9 Å². The minimum Gasteiger partial charge on any atom is -0.445 e. The Hall–Kier alpha value is -2.98. The van der Waals surface area contributed by atoms with Crippen molar-refractivity contribution in [1.82, 2.24) is 10.9 Å². The highest BCUT2D eigenvalue weighted by atomic mass is 16.3. The number of amides is 4. The number of nitrogens with one attached hydrogen (secondary N) is 6. The fourth-order valence-electron chi connectivity index (χ4n) is 0.791. The molecular formula is C6H8N8O3. The van der Waals surface area contributed by atoms with E-state index < -0.39 is 12.1 Å². The van der Waals surface area contributed by atoms with Gasteiger partial charge >= 0.3 is 12.1 Å². The van der Waals surface area contributed by atoms with Gasteiger partial charge in [-0.2, -0.15) is 11.1 Å². The molecule has 4 amide bonds. The molecule has 0 radical (unpaired) electrons. The highest BCUT2D eigenvalue weighted by Crippen LogP contribution is 2.20. The number of urea groups is 2. The van der Waals surface area contributed by atoms with Gasteiger partial charge in [0.1, 0.15) is 5.69 Å². The molecular weight excluding hydrogens is 232 g/mol. The van der Waals surface area contributed by atoms with E-state index in [0.29, 0.717) is 0 Å². The van der Waals surface area contributed by atoms with E-state index in [-0.39, 0.29) is 11.6 Å². The summed E-state index contributed by atoms with van der Waals surface area (Å²) in [6, 6.07) is -0.379. The molecule has 1 heterocycles. The molecule has 0 fully saturated rings. The molecule has 6 N–H and O–H groups in total. The Bertz CT molecular complexity index is 402. The van der Waals surface area contributed by atoms with Crippen molar-refractivity contribution in [3.05, 3.63) is 12.3 Å². The lowest BCUT2D eigenvalue weighted by atomic mass is 10.5. The van der Waals surface area contributed by atoms with Gasteiger partial charge in [0.2, 0.25) is 5.88 Å². The Kier molecular flexibility index (Phi) is 4.12. The van der Waals surface area contributed by atoms with E-state index in [1.165, 1.54) is 12.3 Å². The smallest absolute Gasteiger partial charge is 0.377 e. The maximum Gasteiger partial charge on any atom is 0.377 e. The lowest BCUT2D eigenvalue weighted by Crippen LogP contribution is -2.29. The van der Waals surface area contributed by atoms with Crippen LogP contribution in [0.1, 0.15) is 0 Å². The van der Waals surface area contributed by atoms with Gasteiger partial charge in [-0.25, -0.2) is 20.4 Å². The number of carbonyl (C=O) groups is 2. The molecule has 0 aliphatic heterocycles. The molecule has 0 atom stereocenters. The highest BCUT2D eigenvalue weighted by Gasteiger charge is 2.07. The summed E-state index contributed by atoms with van der Waals surface area (Å²) in [7, 11) is 0. The van der Waals surface area contributed by atoms with Gasteiger partial charge in [-0.15, -0.1) is 0 Å². The fourth-order valence-corrected chi connectivity index (χ4v) is 0.791. The minimum atomic E-state index is -0.919. The number of rotatable bonds is 4. The quantitative estimate of drug-likeness (QED) is 0.345. The van der Waals surface area contributed by atoms with Gasteiger partial charge in [0.25, 0.3) is 0 Å². The molecule has 0 unspecified atom stereocenters. The van der Waals surface area contributed by atoms with Crippen LogP contribution in [-0.2, 0) is 0 Å². The SMILES string of the molecule is N=NC(=O)NNc1ccoc1NNC(=O)N=N. The second-order valence-corrected chi connectivity index (χ2v) is 2.50. The average molecular weight is 240 g/mol. The van der Waals surface area contributed by atoms with Crippen LogP contribution in [0.4, 0.5) is 21.2 Å². The summed E-state index contributed by atoms with van der Waals surface area (Å²) in [6.45, 7) is 0. The molecule has 11 heteroatoms. The molecule has 0 aromatic carbocycles. The van der Waals surface area contributed by atoms with Crippen LogP contribution in [0.3, 0.4) is 0 Å². The standard InChI is InChI=1S/C6H8N8O3/c7-9-5(15)13-11-3-1-2-17-4(3)12-14-6(16)10-8/h1-2,7-8,11-12H,(H,13,15)(H,14,16). The predicted octanol–water partition coefficient (Wildman–Crippen LogP) is 1.41. The number of hydrazine groups is 2. The Balaban J connectivity index is 2.53. The summed E-state index contributed by atoms with van der Waals surface area (Å²) >= 11 is 0. The molecule has 1 rings (SSSR count). The van der Waals surface area contributed by atoms with Gasteiger partial charge in [-0.1, -0.05) is 10.2 Å². The molecule has 0 aliphatic carbocycles. The molecule has 90 valence electrons. The monoisotopic (exact) mass is 240 g/mol. The van der Waals surface area contributed by atoms with Crippen molar-refractivity contribution < 1.29 is 14.0 Å². The summed E-state index contributed by atoms with van der Waals surface area (Å²) in [5.41, 5.74) is 21.9. The van der Waals surface area contributed by atoms with Crippen LogP contribution < -0.4 is 21.7 Å². The zero-order valence-corrected chi connectivity index (χ0v) is 8.27. The lowest BCUT2D eigenvalue weighted by Gasteiger charge is -2.07. The van der Waals surface area contributed by atoms with Gasteiger partial charge < -0.3 is 4.42 Å². The summed E-state index contributed by atoms with van der Waals surface area (Å²) in [5, 5.41) is 5.15. The predicted molar refractivity (Wildman–Crippen MR) is 53.3 cm³/mol. The van der Waals surface area contributed by atoms with Crippen LogP contribution in [0.2, 0.25) is 0 Å². The molecule has 0 saturated carbocycles. The summed E-state index contributed by atoms with van der Waals surface area (Å²) in [5.74, 6) is 0.0762. The van der Waals surface area contributed by atoms with Gasteiger partial charge in [0.05, 0.1) is 6.26 Å². The summed E-state index contributed by atoms with van der Waals surface area (Å²) in [6.07, 6.45) is 1.28. The van der Waals surface area contributed by atoms with E-state index in [4.69, 9.17) is 15.5 Å². The van der Waals surface area contributed by atoms with Crippen molar-refractivity contribution in [2.75, 3.05) is 10.9 Å². The van der Waals surface area contributed by atoms with E-state index in [0.717, 1.165) is 0 Å². The van der Waals surface area contributed by atoms with Gasteiger partial charge in [0, 0.05) is 6.07 Å². The fraction of sp³-hybridized carbons (Fsp3) is 0. The van der Waals surface area contributed by atoms with Crippen molar-refractivity contribution >= 4 is 23.6 Å². The number of hydrogen-bond donors (Lipinski definition) is 6. The average Bonchev–Trinajstić information content (AvgIpc) is 2.80. The van der Waals surface area contributed by atoms with Crippen molar-refractivity contribution in [2.45, 2.75) is 0 Å². The zero-order valence-electron chi connectivity index (χ0n) is 8.27. The Morgan fingerprint density at radius 3 is 2.29 bits per heavy atom. The molecule has 0 aliphatic rings. The van der Waals surface area contributed by atoms with Gasteiger partial charge in [0.15, 0.2) is 0 Å². The highest BCUT2D eigenvalue weighted by molar-refractivity contribution is 5.78. The maximum atomic E-state index is 10.6. The van der Waals surface area contributed by atoms with E-state index in [2.05, 4.69) is 26.5 Å². The third-order valence-corrected chi connectivity index (χ3v) is 1.46. The van der Waals surface area contributed by atoms with Crippen molar-refractivity contribution in [1.29, 1.82) is 11.1 Å². The topological polar surface area (TPSA) is 168 Å². The third kappa shape index (κ3) is 3.58. The Morgan fingerprint density at radius 2 is 1.71 bits per heavy atom. The number of carbonyl (C=O) groups excluding carboxylic acids is 2. The second-order valence-electron chi connectivity index (χ2n) is 2.50. The van der Waals surface area contributed by atoms with Crippen molar-refractivity contribution in [3.63, 3.8) is 0 Å². The van der Waals surface area contributed by atoms with Crippen LogP contribution in [0.15, 0.2) is 27.0 Å². The summed E-state index contributed by atoms with van der Waals surface area (Å²) < 4.78 is 4.91. The lowest BCUT2D eigenvalue weighted by molar-refractivity contribution is 0.248. The van der Waals surface area contributed by atoms with Crippen LogP contribution in [-0.4, -0.2) is 12.1 Å². The molecule has 1 aromatic heterocycles. The van der Waals surface area contributed by atoms with Crippen LogP contribution in [0.25, 0.3) is 0 Å². The molecule has 1 aromatic rings. The first-order valence-corrected chi connectivity index (χ1v) is 4.11. The van der Waals surface area contributed by atoms with E-state index in [1.54, 1.807) is 0 Å². The normalized spacial score (nSPS) is 8.94. The van der Waals surface area contributed by atoms with E-state index >= 15 is 0 Å². The van der Waals surface area contributed by atoms with Crippen LogP contribution in [0.5, 0.6) is 0 Å². The van der Waals surface area contributed by atoms with Crippen molar-refractivity contribution in [3.8, 4) is 0 Å². The maximum absolute atomic E-state index is 10.6. The molecule has 17 heavy (non-hydrogen) atoms. The molecule has 11 nitrogen and oxygen atoms in total. The number of nitrogens with zero attached hydrogens (tertiary/aromatic N) is 2. The number of anilines is 2. The second kappa shape index (κ2) is 5.79.